The molecule has 108 valence electrons. The van der Waals surface area contributed by atoms with Crippen LogP contribution in [-0.2, 0) is 16.6 Å². The van der Waals surface area contributed by atoms with Gasteiger partial charge in [0.25, 0.3) is 0 Å². The molecule has 0 aliphatic carbocycles. The number of anilines is 1. The second-order valence-electron chi connectivity index (χ2n) is 4.31. The van der Waals surface area contributed by atoms with Crippen LogP contribution < -0.4 is 5.73 Å². The maximum absolute atomic E-state index is 12.5. The lowest BCUT2D eigenvalue weighted by Gasteiger charge is -2.17. The van der Waals surface area contributed by atoms with Gasteiger partial charge in [-0.05, 0) is 41.1 Å². The zero-order chi connectivity index (χ0) is 14.9. The summed E-state index contributed by atoms with van der Waals surface area (Å²) in [5.41, 5.74) is 8.71. The van der Waals surface area contributed by atoms with Crippen molar-refractivity contribution in [2.75, 3.05) is 12.8 Å². The molecule has 0 spiro atoms. The van der Waals surface area contributed by atoms with Crippen LogP contribution in [0.3, 0.4) is 0 Å². The van der Waals surface area contributed by atoms with Crippen molar-refractivity contribution >= 4 is 43.0 Å². The number of halogens is 1. The number of thiazole rings is 1. The summed E-state index contributed by atoms with van der Waals surface area (Å²) in [5, 5.41) is 0. The lowest BCUT2D eigenvalue weighted by molar-refractivity contribution is 0.468. The van der Waals surface area contributed by atoms with Gasteiger partial charge in [0, 0.05) is 28.6 Å². The molecule has 2 rings (SSSR count). The summed E-state index contributed by atoms with van der Waals surface area (Å²) in [5.74, 6) is 0. The van der Waals surface area contributed by atoms with Gasteiger partial charge in [-0.25, -0.2) is 13.4 Å². The third-order valence-corrected chi connectivity index (χ3v) is 6.56. The van der Waals surface area contributed by atoms with Gasteiger partial charge in [-0.3, -0.25) is 0 Å². The molecule has 0 aliphatic rings. The van der Waals surface area contributed by atoms with Gasteiger partial charge in [0.05, 0.1) is 16.1 Å². The minimum absolute atomic E-state index is 0.205. The van der Waals surface area contributed by atoms with E-state index in [0.717, 1.165) is 10.6 Å². The SMILES string of the molecule is Cc1ncsc1CN(C)S(=O)(=O)c1ccc(N)cc1Br. The van der Waals surface area contributed by atoms with E-state index in [1.165, 1.54) is 21.7 Å². The lowest BCUT2D eigenvalue weighted by atomic mass is 10.3. The molecule has 1 heterocycles. The zero-order valence-corrected chi connectivity index (χ0v) is 14.2. The smallest absolute Gasteiger partial charge is 0.244 e. The van der Waals surface area contributed by atoms with E-state index in [1.54, 1.807) is 24.7 Å². The molecule has 0 atom stereocenters. The van der Waals surface area contributed by atoms with E-state index in [2.05, 4.69) is 20.9 Å². The Morgan fingerprint density at radius 2 is 2.15 bits per heavy atom. The molecule has 0 bridgehead atoms. The number of benzene rings is 1. The van der Waals surface area contributed by atoms with E-state index in [9.17, 15) is 8.42 Å². The molecule has 0 amide bonds. The molecular formula is C12H14BrN3O2S2. The van der Waals surface area contributed by atoms with Crippen molar-refractivity contribution in [3.8, 4) is 0 Å². The first-order chi connectivity index (χ1) is 9.32. The summed E-state index contributed by atoms with van der Waals surface area (Å²) in [6.07, 6.45) is 0. The summed E-state index contributed by atoms with van der Waals surface area (Å²) in [7, 11) is -2.02. The number of nitrogens with zero attached hydrogens (tertiary/aromatic N) is 2. The first-order valence-corrected chi connectivity index (χ1v) is 8.84. The van der Waals surface area contributed by atoms with E-state index in [-0.39, 0.29) is 4.90 Å². The standard InChI is InChI=1S/C12H14BrN3O2S2/c1-8-11(19-7-15-8)6-16(2)20(17,18)12-4-3-9(14)5-10(12)13/h3-5,7H,6,14H2,1-2H3. The van der Waals surface area contributed by atoms with E-state index in [0.29, 0.717) is 16.7 Å². The number of rotatable bonds is 4. The summed E-state index contributed by atoms with van der Waals surface area (Å²) < 4.78 is 26.9. The number of nitrogens with two attached hydrogens (primary N) is 1. The fraction of sp³-hybridized carbons (Fsp3) is 0.250. The van der Waals surface area contributed by atoms with Crippen LogP contribution in [0.4, 0.5) is 5.69 Å². The minimum atomic E-state index is -3.57. The van der Waals surface area contributed by atoms with Crippen molar-refractivity contribution < 1.29 is 8.42 Å². The van der Waals surface area contributed by atoms with Crippen molar-refractivity contribution in [2.45, 2.75) is 18.4 Å². The van der Waals surface area contributed by atoms with Crippen LogP contribution in [0.25, 0.3) is 0 Å². The Bertz CT molecular complexity index is 728. The fourth-order valence-corrected chi connectivity index (χ4v) is 4.76. The highest BCUT2D eigenvalue weighted by atomic mass is 79.9. The fourth-order valence-electron chi connectivity index (χ4n) is 1.66. The van der Waals surface area contributed by atoms with Crippen molar-refractivity contribution in [1.29, 1.82) is 0 Å². The van der Waals surface area contributed by atoms with E-state index >= 15 is 0 Å². The second-order valence-corrected chi connectivity index (χ2v) is 8.12. The Morgan fingerprint density at radius 3 is 2.70 bits per heavy atom. The monoisotopic (exact) mass is 375 g/mol. The highest BCUT2D eigenvalue weighted by Gasteiger charge is 2.24. The largest absolute Gasteiger partial charge is 0.399 e. The topological polar surface area (TPSA) is 76.3 Å². The Hall–Kier alpha value is -0.960. The average Bonchev–Trinajstić information content (AvgIpc) is 2.74. The summed E-state index contributed by atoms with van der Waals surface area (Å²) in [4.78, 5) is 5.26. The Labute approximate surface area is 130 Å². The van der Waals surface area contributed by atoms with Crippen LogP contribution in [0, 0.1) is 6.92 Å². The predicted octanol–water partition coefficient (Wildman–Crippen LogP) is 2.62. The zero-order valence-electron chi connectivity index (χ0n) is 11.0. The van der Waals surface area contributed by atoms with Crippen LogP contribution in [0.15, 0.2) is 33.1 Å². The van der Waals surface area contributed by atoms with Crippen molar-refractivity contribution in [1.82, 2.24) is 9.29 Å². The van der Waals surface area contributed by atoms with Gasteiger partial charge in [0.1, 0.15) is 0 Å². The predicted molar refractivity (Wildman–Crippen MR) is 84.1 cm³/mol. The van der Waals surface area contributed by atoms with Gasteiger partial charge < -0.3 is 5.73 Å². The number of nitrogen functional groups attached to an aromatic ring is 1. The van der Waals surface area contributed by atoms with Crippen LogP contribution in [-0.4, -0.2) is 24.8 Å². The van der Waals surface area contributed by atoms with Gasteiger partial charge in [-0.15, -0.1) is 11.3 Å². The highest BCUT2D eigenvalue weighted by Crippen LogP contribution is 2.28. The third kappa shape index (κ3) is 3.03. The molecular weight excluding hydrogens is 362 g/mol. The number of aryl methyl sites for hydroxylation is 1. The molecule has 8 heteroatoms. The van der Waals surface area contributed by atoms with Crippen LogP contribution in [0.5, 0.6) is 0 Å². The summed E-state index contributed by atoms with van der Waals surface area (Å²) in [6, 6.07) is 4.66. The number of aromatic nitrogens is 1. The molecule has 1 aromatic heterocycles. The first kappa shape index (κ1) is 15.4. The normalized spacial score (nSPS) is 12.0. The van der Waals surface area contributed by atoms with Crippen molar-refractivity contribution in [3.05, 3.63) is 38.8 Å². The van der Waals surface area contributed by atoms with E-state index in [1.807, 2.05) is 6.92 Å². The van der Waals surface area contributed by atoms with Gasteiger partial charge in [-0.1, -0.05) is 0 Å². The molecule has 20 heavy (non-hydrogen) atoms. The van der Waals surface area contributed by atoms with Crippen LogP contribution in [0.1, 0.15) is 10.6 Å². The number of sulfonamides is 1. The van der Waals surface area contributed by atoms with Crippen LogP contribution in [0.2, 0.25) is 0 Å². The van der Waals surface area contributed by atoms with Gasteiger partial charge in [-0.2, -0.15) is 4.31 Å². The highest BCUT2D eigenvalue weighted by molar-refractivity contribution is 9.10. The van der Waals surface area contributed by atoms with Gasteiger partial charge >= 0.3 is 0 Å². The Kier molecular flexibility index (Phi) is 4.48. The molecule has 0 saturated carbocycles. The van der Waals surface area contributed by atoms with Gasteiger partial charge in [0.15, 0.2) is 0 Å². The Morgan fingerprint density at radius 1 is 1.45 bits per heavy atom. The summed E-state index contributed by atoms with van der Waals surface area (Å²) >= 11 is 4.69. The quantitative estimate of drug-likeness (QED) is 0.833. The molecule has 0 radical (unpaired) electrons. The molecule has 0 fully saturated rings. The number of hydrogen-bond acceptors (Lipinski definition) is 5. The average molecular weight is 376 g/mol. The van der Waals surface area contributed by atoms with Crippen LogP contribution >= 0.6 is 27.3 Å². The molecule has 5 nitrogen and oxygen atoms in total. The first-order valence-electron chi connectivity index (χ1n) is 5.72. The molecule has 0 unspecified atom stereocenters. The van der Waals surface area contributed by atoms with Crippen molar-refractivity contribution in [3.63, 3.8) is 0 Å². The van der Waals surface area contributed by atoms with E-state index in [4.69, 9.17) is 5.73 Å². The molecule has 2 aromatic rings. The lowest BCUT2D eigenvalue weighted by Crippen LogP contribution is -2.26. The number of hydrogen-bond donors (Lipinski definition) is 1. The van der Waals surface area contributed by atoms with Gasteiger partial charge in [0.2, 0.25) is 10.0 Å². The van der Waals surface area contributed by atoms with E-state index < -0.39 is 10.0 Å². The maximum atomic E-state index is 12.5. The minimum Gasteiger partial charge on any atom is -0.399 e. The molecule has 1 aromatic carbocycles. The molecule has 0 saturated heterocycles. The summed E-state index contributed by atoms with van der Waals surface area (Å²) in [6.45, 7) is 2.17. The van der Waals surface area contributed by atoms with Crippen molar-refractivity contribution in [2.24, 2.45) is 0 Å². The second kappa shape index (κ2) is 5.80. The third-order valence-electron chi connectivity index (χ3n) is 2.86. The Balaban J connectivity index is 2.32. The molecule has 2 N–H and O–H groups in total. The maximum Gasteiger partial charge on any atom is 0.244 e. The molecule has 0 aliphatic heterocycles.